The molecule has 202 valence electrons. The molecule has 2 aliphatic rings. The predicted octanol–water partition coefficient (Wildman–Crippen LogP) is 5.30. The molecule has 1 atom stereocenters. The van der Waals surface area contributed by atoms with Crippen molar-refractivity contribution >= 4 is 21.6 Å². The number of amides is 1. The highest BCUT2D eigenvalue weighted by Crippen LogP contribution is 2.37. The molecule has 9 nitrogen and oxygen atoms in total. The summed E-state index contributed by atoms with van der Waals surface area (Å²) in [5, 5.41) is 2.80. The third-order valence-corrected chi connectivity index (χ3v) is 7.74. The molecular formula is C29H30N4O5S. The van der Waals surface area contributed by atoms with Crippen LogP contribution in [0, 0.1) is 0 Å². The number of nitrogens with one attached hydrogen (secondary N) is 2. The first-order valence-corrected chi connectivity index (χ1v) is 14.8. The highest BCUT2D eigenvalue weighted by Gasteiger charge is 2.25. The number of carbonyl (C=O) groups is 1. The Bertz CT molecular complexity index is 1610. The first-order chi connectivity index (χ1) is 18.8. The van der Waals surface area contributed by atoms with Crippen LogP contribution in [0.15, 0.2) is 65.8 Å². The summed E-state index contributed by atoms with van der Waals surface area (Å²) < 4.78 is 35.7. The molecule has 2 aliphatic heterocycles. The second kappa shape index (κ2) is 10.9. The summed E-state index contributed by atoms with van der Waals surface area (Å²) in [5.74, 6) is 3.51. The summed E-state index contributed by atoms with van der Waals surface area (Å²) in [6, 6.07) is 14.3. The van der Waals surface area contributed by atoms with Gasteiger partial charge in [-0.1, -0.05) is 26.0 Å². The number of aromatic nitrogens is 3. The van der Waals surface area contributed by atoms with Crippen LogP contribution < -0.4 is 14.8 Å². The third-order valence-electron chi connectivity index (χ3n) is 6.61. The molecule has 0 fully saturated rings. The number of aromatic amines is 1. The fourth-order valence-corrected chi connectivity index (χ4v) is 5.29. The molecule has 0 radical (unpaired) electrons. The van der Waals surface area contributed by atoms with Gasteiger partial charge in [0.1, 0.15) is 28.9 Å². The SMILES string of the molecule is CC.CS(=O)(=O)c1ccc(-c2cnc(C3COc4ccc(Oc5ccnc6c5CCC(=O)N6)cc4C3)[nH]2)cc1. The Morgan fingerprint density at radius 2 is 1.82 bits per heavy atom. The minimum atomic E-state index is -3.24. The molecule has 0 bridgehead atoms. The lowest BCUT2D eigenvalue weighted by molar-refractivity contribution is -0.116. The van der Waals surface area contributed by atoms with Gasteiger partial charge in [-0.25, -0.2) is 18.4 Å². The number of hydrogen-bond donors (Lipinski definition) is 2. The van der Waals surface area contributed by atoms with E-state index in [2.05, 4.69) is 20.3 Å². The Balaban J connectivity index is 0.00000151. The zero-order valence-corrected chi connectivity index (χ0v) is 22.8. The van der Waals surface area contributed by atoms with E-state index in [9.17, 15) is 13.2 Å². The molecule has 39 heavy (non-hydrogen) atoms. The van der Waals surface area contributed by atoms with E-state index in [1.165, 1.54) is 6.26 Å². The second-order valence-electron chi connectivity index (χ2n) is 9.25. The summed E-state index contributed by atoms with van der Waals surface area (Å²) in [5.41, 5.74) is 3.57. The number of anilines is 1. The molecule has 0 spiro atoms. The number of imidazole rings is 1. The van der Waals surface area contributed by atoms with Crippen LogP contribution in [-0.2, 0) is 27.5 Å². The van der Waals surface area contributed by atoms with E-state index in [-0.39, 0.29) is 16.7 Å². The zero-order valence-electron chi connectivity index (χ0n) is 22.0. The van der Waals surface area contributed by atoms with Gasteiger partial charge < -0.3 is 19.8 Å². The number of sulfone groups is 1. The van der Waals surface area contributed by atoms with E-state index in [0.29, 0.717) is 36.8 Å². The lowest BCUT2D eigenvalue weighted by Crippen LogP contribution is -2.20. The van der Waals surface area contributed by atoms with E-state index < -0.39 is 9.84 Å². The maximum Gasteiger partial charge on any atom is 0.225 e. The molecule has 1 unspecified atom stereocenters. The lowest BCUT2D eigenvalue weighted by atomic mass is 9.96. The first-order valence-electron chi connectivity index (χ1n) is 12.9. The largest absolute Gasteiger partial charge is 0.493 e. The topological polar surface area (TPSA) is 123 Å². The highest BCUT2D eigenvalue weighted by molar-refractivity contribution is 7.90. The van der Waals surface area contributed by atoms with E-state index >= 15 is 0 Å². The van der Waals surface area contributed by atoms with Crippen molar-refractivity contribution < 1.29 is 22.7 Å². The maximum atomic E-state index is 11.7. The van der Waals surface area contributed by atoms with Gasteiger partial charge in [0.25, 0.3) is 0 Å². The van der Waals surface area contributed by atoms with Crippen molar-refractivity contribution in [3.05, 3.63) is 77.9 Å². The van der Waals surface area contributed by atoms with E-state index in [1.54, 1.807) is 36.7 Å². The third kappa shape index (κ3) is 5.65. The van der Waals surface area contributed by atoms with Gasteiger partial charge in [0.2, 0.25) is 5.91 Å². The number of ether oxygens (including phenoxy) is 2. The van der Waals surface area contributed by atoms with Gasteiger partial charge in [0.05, 0.1) is 29.3 Å². The molecule has 0 saturated carbocycles. The molecule has 2 aromatic carbocycles. The average Bonchev–Trinajstić information content (AvgIpc) is 3.44. The number of pyridine rings is 1. The molecule has 2 aromatic heterocycles. The Kier molecular flexibility index (Phi) is 7.38. The van der Waals surface area contributed by atoms with Crippen LogP contribution in [0.4, 0.5) is 5.82 Å². The Morgan fingerprint density at radius 1 is 1.03 bits per heavy atom. The quantitative estimate of drug-likeness (QED) is 0.348. The van der Waals surface area contributed by atoms with Crippen LogP contribution >= 0.6 is 0 Å². The van der Waals surface area contributed by atoms with Crippen LogP contribution in [0.3, 0.4) is 0 Å². The van der Waals surface area contributed by atoms with Gasteiger partial charge in [-0.3, -0.25) is 4.79 Å². The summed E-state index contributed by atoms with van der Waals surface area (Å²) in [4.78, 5) is 24.2. The van der Waals surface area contributed by atoms with Crippen molar-refractivity contribution in [2.45, 2.75) is 43.9 Å². The van der Waals surface area contributed by atoms with E-state index in [4.69, 9.17) is 9.47 Å². The van der Waals surface area contributed by atoms with Crippen LogP contribution in [0.2, 0.25) is 0 Å². The van der Waals surface area contributed by atoms with Crippen molar-refractivity contribution in [2.75, 3.05) is 18.2 Å². The molecule has 6 rings (SSSR count). The van der Waals surface area contributed by atoms with E-state index in [1.807, 2.05) is 38.1 Å². The summed E-state index contributed by atoms with van der Waals surface area (Å²) in [6.07, 6.45) is 6.28. The smallest absolute Gasteiger partial charge is 0.225 e. The second-order valence-corrected chi connectivity index (χ2v) is 11.3. The standard InChI is InChI=1S/C27H24N4O5S.C2H6/c1-37(33,34)20-5-2-16(3-6-20)22-14-29-26(30-22)18-12-17-13-19(4-8-23(17)35-15-18)36-24-10-11-28-27-21(24)7-9-25(32)31-27;1-2/h2-6,8,10-11,13-14,18H,7,9,12,15H2,1H3,(H,29,30)(H,28,31,32);1-2H3. The molecule has 10 heteroatoms. The van der Waals surface area contributed by atoms with Crippen molar-refractivity contribution in [3.8, 4) is 28.5 Å². The predicted molar refractivity (Wildman–Crippen MR) is 148 cm³/mol. The van der Waals surface area contributed by atoms with Gasteiger partial charge in [0, 0.05) is 24.4 Å². The van der Waals surface area contributed by atoms with Gasteiger partial charge in [-0.2, -0.15) is 0 Å². The van der Waals surface area contributed by atoms with Crippen LogP contribution in [0.25, 0.3) is 11.3 Å². The molecule has 2 N–H and O–H groups in total. The van der Waals surface area contributed by atoms with Crippen LogP contribution in [0.5, 0.6) is 17.2 Å². The van der Waals surface area contributed by atoms with Gasteiger partial charge in [-0.15, -0.1) is 0 Å². The highest BCUT2D eigenvalue weighted by atomic mass is 32.2. The Morgan fingerprint density at radius 3 is 2.59 bits per heavy atom. The number of rotatable bonds is 5. The maximum absolute atomic E-state index is 11.7. The fraction of sp³-hybridized carbons (Fsp3) is 0.276. The van der Waals surface area contributed by atoms with Crippen molar-refractivity contribution in [1.82, 2.24) is 15.0 Å². The number of fused-ring (bicyclic) bond motifs is 2. The van der Waals surface area contributed by atoms with Crippen molar-refractivity contribution in [2.24, 2.45) is 0 Å². The minimum Gasteiger partial charge on any atom is -0.493 e. The summed E-state index contributed by atoms with van der Waals surface area (Å²) in [6.45, 7) is 4.49. The minimum absolute atomic E-state index is 0.0238. The molecular weight excluding hydrogens is 516 g/mol. The van der Waals surface area contributed by atoms with Crippen LogP contribution in [-0.4, -0.2) is 42.1 Å². The molecule has 4 heterocycles. The Labute approximate surface area is 227 Å². The van der Waals surface area contributed by atoms with Gasteiger partial charge >= 0.3 is 0 Å². The lowest BCUT2D eigenvalue weighted by Gasteiger charge is -2.25. The van der Waals surface area contributed by atoms with Crippen molar-refractivity contribution in [1.29, 1.82) is 0 Å². The van der Waals surface area contributed by atoms with Crippen molar-refractivity contribution in [3.63, 3.8) is 0 Å². The molecule has 0 saturated heterocycles. The Hall–Kier alpha value is -4.18. The van der Waals surface area contributed by atoms with Gasteiger partial charge in [0.15, 0.2) is 9.84 Å². The zero-order chi connectivity index (χ0) is 27.6. The number of nitrogens with zero attached hydrogens (tertiary/aromatic N) is 2. The van der Waals surface area contributed by atoms with Crippen LogP contribution in [0.1, 0.15) is 43.1 Å². The molecule has 4 aromatic rings. The number of H-pyrrole nitrogens is 1. The number of carbonyl (C=O) groups excluding carboxylic acids is 1. The monoisotopic (exact) mass is 546 g/mol. The molecule has 0 aliphatic carbocycles. The first kappa shape index (κ1) is 26.4. The summed E-state index contributed by atoms with van der Waals surface area (Å²) >= 11 is 0. The molecule has 1 amide bonds. The number of benzene rings is 2. The van der Waals surface area contributed by atoms with E-state index in [0.717, 1.165) is 40.4 Å². The average molecular weight is 547 g/mol. The van der Waals surface area contributed by atoms with Gasteiger partial charge in [-0.05, 0) is 60.4 Å². The normalized spacial score (nSPS) is 16.1. The fourth-order valence-electron chi connectivity index (χ4n) is 4.66. The summed E-state index contributed by atoms with van der Waals surface area (Å²) in [7, 11) is -3.24. The number of hydrogen-bond acceptors (Lipinski definition) is 7.